The van der Waals surface area contributed by atoms with Gasteiger partial charge in [-0.2, -0.15) is 0 Å². The number of ether oxygens (including phenoxy) is 2. The molecule has 0 bridgehead atoms. The summed E-state index contributed by atoms with van der Waals surface area (Å²) >= 11 is 5.92. The highest BCUT2D eigenvalue weighted by atomic mass is 35.5. The van der Waals surface area contributed by atoms with Gasteiger partial charge >= 0.3 is 0 Å². The molecule has 0 radical (unpaired) electrons. The van der Waals surface area contributed by atoms with Crippen LogP contribution < -0.4 is 15.2 Å². The van der Waals surface area contributed by atoms with Crippen LogP contribution >= 0.6 is 11.6 Å². The first-order chi connectivity index (χ1) is 13.6. The van der Waals surface area contributed by atoms with Gasteiger partial charge in [0.15, 0.2) is 17.3 Å². The van der Waals surface area contributed by atoms with E-state index in [1.807, 2.05) is 36.4 Å². The van der Waals surface area contributed by atoms with Crippen LogP contribution in [0.1, 0.15) is 27.0 Å². The fourth-order valence-electron chi connectivity index (χ4n) is 3.06. The highest BCUT2D eigenvalue weighted by Crippen LogP contribution is 2.32. The van der Waals surface area contributed by atoms with Crippen molar-refractivity contribution in [3.8, 4) is 11.5 Å². The highest BCUT2D eigenvalue weighted by molar-refractivity contribution is 6.30. The van der Waals surface area contributed by atoms with Crippen molar-refractivity contribution in [2.75, 3.05) is 12.5 Å². The first-order valence-corrected chi connectivity index (χ1v) is 9.23. The van der Waals surface area contributed by atoms with Crippen molar-refractivity contribution >= 4 is 29.1 Å². The number of allylic oxidation sites excluding steroid dienone is 1. The molecule has 1 aliphatic heterocycles. The number of rotatable bonds is 5. The Kier molecular flexibility index (Phi) is 5.04. The molecule has 0 unspecified atom stereocenters. The smallest absolute Gasteiger partial charge is 0.231 e. The highest BCUT2D eigenvalue weighted by Gasteiger charge is 2.14. The summed E-state index contributed by atoms with van der Waals surface area (Å²) in [6.07, 6.45) is 4.66. The van der Waals surface area contributed by atoms with Crippen LogP contribution in [-0.2, 0) is 6.42 Å². The maximum absolute atomic E-state index is 12.9. The van der Waals surface area contributed by atoms with Crippen molar-refractivity contribution in [3.63, 3.8) is 0 Å². The van der Waals surface area contributed by atoms with Crippen LogP contribution in [0.3, 0.4) is 0 Å². The Bertz CT molecular complexity index is 1060. The number of ketones is 1. The van der Waals surface area contributed by atoms with E-state index >= 15 is 0 Å². The summed E-state index contributed by atoms with van der Waals surface area (Å²) < 4.78 is 10.7. The normalized spacial score (nSPS) is 12.5. The lowest BCUT2D eigenvalue weighted by molar-refractivity contribution is 0.103. The summed E-state index contributed by atoms with van der Waals surface area (Å²) in [5.41, 5.74) is 9.51. The second-order valence-electron chi connectivity index (χ2n) is 6.48. The van der Waals surface area contributed by atoms with Crippen LogP contribution in [0, 0.1) is 0 Å². The van der Waals surface area contributed by atoms with Crippen LogP contribution in [0.15, 0.2) is 66.7 Å². The van der Waals surface area contributed by atoms with E-state index in [0.717, 1.165) is 22.6 Å². The zero-order valence-corrected chi connectivity index (χ0v) is 15.8. The molecule has 4 nitrogen and oxygen atoms in total. The number of carbonyl (C=O) groups excluding carboxylic acids is 1. The number of halogens is 1. The Morgan fingerprint density at radius 3 is 2.61 bits per heavy atom. The SMILES string of the molecule is Nc1ccc(/C=C/Cc2ccc3c(c2)OCO3)c(C(=O)c2ccc(Cl)cc2)c1. The second kappa shape index (κ2) is 7.79. The molecule has 5 heteroatoms. The van der Waals surface area contributed by atoms with Gasteiger partial charge in [-0.1, -0.05) is 35.9 Å². The third-order valence-electron chi connectivity index (χ3n) is 4.52. The Balaban J connectivity index is 1.57. The van der Waals surface area contributed by atoms with Crippen LogP contribution in [0.4, 0.5) is 5.69 Å². The number of hydrogen-bond acceptors (Lipinski definition) is 4. The molecular weight excluding hydrogens is 374 g/mol. The molecule has 28 heavy (non-hydrogen) atoms. The van der Waals surface area contributed by atoms with Crippen molar-refractivity contribution in [3.05, 3.63) is 94.0 Å². The Labute approximate surface area is 168 Å². The minimum atomic E-state index is -0.0910. The van der Waals surface area contributed by atoms with Crippen LogP contribution in [-0.4, -0.2) is 12.6 Å². The maximum Gasteiger partial charge on any atom is 0.231 e. The summed E-state index contributed by atoms with van der Waals surface area (Å²) in [6, 6.07) is 18.1. The van der Waals surface area contributed by atoms with Crippen molar-refractivity contribution in [1.82, 2.24) is 0 Å². The topological polar surface area (TPSA) is 61.6 Å². The van der Waals surface area contributed by atoms with Gasteiger partial charge in [0.2, 0.25) is 6.79 Å². The summed E-state index contributed by atoms with van der Waals surface area (Å²) in [7, 11) is 0. The molecule has 3 aromatic carbocycles. The fourth-order valence-corrected chi connectivity index (χ4v) is 3.19. The van der Waals surface area contributed by atoms with Crippen molar-refractivity contribution in [2.45, 2.75) is 6.42 Å². The lowest BCUT2D eigenvalue weighted by atomic mass is 9.97. The summed E-state index contributed by atoms with van der Waals surface area (Å²) in [5, 5.41) is 0.591. The second-order valence-corrected chi connectivity index (χ2v) is 6.91. The van der Waals surface area contributed by atoms with Gasteiger partial charge in [-0.05, 0) is 66.1 Å². The van der Waals surface area contributed by atoms with E-state index < -0.39 is 0 Å². The Morgan fingerprint density at radius 2 is 1.79 bits per heavy atom. The third kappa shape index (κ3) is 3.87. The quantitative estimate of drug-likeness (QED) is 0.483. The van der Waals surface area contributed by atoms with E-state index in [2.05, 4.69) is 0 Å². The summed E-state index contributed by atoms with van der Waals surface area (Å²) in [5.74, 6) is 1.44. The van der Waals surface area contributed by atoms with E-state index in [1.165, 1.54) is 0 Å². The zero-order chi connectivity index (χ0) is 19.5. The maximum atomic E-state index is 12.9. The molecule has 2 N–H and O–H groups in total. The van der Waals surface area contributed by atoms with Gasteiger partial charge in [0.25, 0.3) is 0 Å². The monoisotopic (exact) mass is 391 g/mol. The van der Waals surface area contributed by atoms with Crippen LogP contribution in [0.2, 0.25) is 5.02 Å². The predicted molar refractivity (Wildman–Crippen MR) is 111 cm³/mol. The molecule has 3 aromatic rings. The molecule has 0 amide bonds. The standard InChI is InChI=1S/C23H18ClNO3/c24-18-8-5-17(6-9-18)23(26)20-13-19(25)10-7-16(20)3-1-2-15-4-11-21-22(12-15)28-14-27-21/h1,3-13H,2,14,25H2/b3-1+. The van der Waals surface area contributed by atoms with Gasteiger partial charge in [0.1, 0.15) is 0 Å². The van der Waals surface area contributed by atoms with Crippen LogP contribution in [0.25, 0.3) is 6.08 Å². The predicted octanol–water partition coefficient (Wildman–Crippen LogP) is 5.14. The average Bonchev–Trinajstić information content (AvgIpc) is 3.17. The number of fused-ring (bicyclic) bond motifs is 1. The van der Waals surface area contributed by atoms with Crippen molar-refractivity contribution in [2.24, 2.45) is 0 Å². The summed E-state index contributed by atoms with van der Waals surface area (Å²) in [4.78, 5) is 12.9. The number of nitrogens with two attached hydrogens (primary N) is 1. The Hall–Kier alpha value is -3.24. The first kappa shape index (κ1) is 18.1. The van der Waals surface area contributed by atoms with Gasteiger partial charge < -0.3 is 15.2 Å². The molecule has 0 atom stereocenters. The number of carbonyl (C=O) groups is 1. The number of benzene rings is 3. The zero-order valence-electron chi connectivity index (χ0n) is 15.0. The number of hydrogen-bond donors (Lipinski definition) is 1. The first-order valence-electron chi connectivity index (χ1n) is 8.85. The minimum absolute atomic E-state index is 0.0910. The van der Waals surface area contributed by atoms with Crippen LogP contribution in [0.5, 0.6) is 11.5 Å². The van der Waals surface area contributed by atoms with Crippen molar-refractivity contribution < 1.29 is 14.3 Å². The number of nitrogen functional groups attached to an aromatic ring is 1. The van der Waals surface area contributed by atoms with E-state index in [4.69, 9.17) is 26.8 Å². The third-order valence-corrected chi connectivity index (χ3v) is 4.77. The molecule has 4 rings (SSSR count). The average molecular weight is 392 g/mol. The number of anilines is 1. The minimum Gasteiger partial charge on any atom is -0.454 e. The molecule has 0 saturated heterocycles. The Morgan fingerprint density at radius 1 is 1.00 bits per heavy atom. The molecule has 0 aromatic heterocycles. The van der Waals surface area contributed by atoms with Gasteiger partial charge in [-0.3, -0.25) is 4.79 Å². The molecule has 1 heterocycles. The lowest BCUT2D eigenvalue weighted by Crippen LogP contribution is -2.04. The molecule has 0 fully saturated rings. The molecule has 140 valence electrons. The van der Waals surface area contributed by atoms with E-state index in [9.17, 15) is 4.79 Å². The molecule has 0 spiro atoms. The largest absolute Gasteiger partial charge is 0.454 e. The van der Waals surface area contributed by atoms with E-state index in [1.54, 1.807) is 36.4 Å². The molecule has 1 aliphatic rings. The van der Waals surface area contributed by atoms with Gasteiger partial charge in [-0.15, -0.1) is 0 Å². The van der Waals surface area contributed by atoms with Gasteiger partial charge in [0.05, 0.1) is 0 Å². The molecule has 0 aliphatic carbocycles. The van der Waals surface area contributed by atoms with E-state index in [-0.39, 0.29) is 12.6 Å². The lowest BCUT2D eigenvalue weighted by Gasteiger charge is -2.07. The fraction of sp³-hybridized carbons (Fsp3) is 0.0870. The molecular formula is C23H18ClNO3. The van der Waals surface area contributed by atoms with Gasteiger partial charge in [-0.25, -0.2) is 0 Å². The molecule has 0 saturated carbocycles. The van der Waals surface area contributed by atoms with Crippen molar-refractivity contribution in [1.29, 1.82) is 0 Å². The van der Waals surface area contributed by atoms with E-state index in [0.29, 0.717) is 28.3 Å². The van der Waals surface area contributed by atoms with Gasteiger partial charge in [0, 0.05) is 21.8 Å². The summed E-state index contributed by atoms with van der Waals surface area (Å²) in [6.45, 7) is 0.260.